The van der Waals surface area contributed by atoms with E-state index in [0.29, 0.717) is 11.7 Å². The molecular formula is C10H14O. The van der Waals surface area contributed by atoms with Gasteiger partial charge < -0.3 is 0 Å². The van der Waals surface area contributed by atoms with Gasteiger partial charge in [0, 0.05) is 11.3 Å². The molecule has 60 valence electrons. The van der Waals surface area contributed by atoms with Crippen molar-refractivity contribution in [1.82, 2.24) is 0 Å². The van der Waals surface area contributed by atoms with Gasteiger partial charge in [0.05, 0.1) is 0 Å². The lowest BCUT2D eigenvalue weighted by Gasteiger charge is -2.24. The Labute approximate surface area is 67.5 Å². The number of carbonyl (C=O) groups excluding carboxylic acids is 1. The van der Waals surface area contributed by atoms with Crippen molar-refractivity contribution in [2.45, 2.75) is 27.2 Å². The summed E-state index contributed by atoms with van der Waals surface area (Å²) < 4.78 is 0. The fourth-order valence-electron chi connectivity index (χ4n) is 1.89. The predicted molar refractivity (Wildman–Crippen MR) is 44.1 cm³/mol. The van der Waals surface area contributed by atoms with Crippen molar-refractivity contribution < 1.29 is 4.79 Å². The van der Waals surface area contributed by atoms with Gasteiger partial charge >= 0.3 is 0 Å². The van der Waals surface area contributed by atoms with Crippen LogP contribution in [0.25, 0.3) is 0 Å². The Morgan fingerprint density at radius 3 is 2.55 bits per heavy atom. The zero-order valence-electron chi connectivity index (χ0n) is 7.35. The van der Waals surface area contributed by atoms with Crippen LogP contribution in [0.5, 0.6) is 0 Å². The van der Waals surface area contributed by atoms with Crippen molar-refractivity contribution in [1.29, 1.82) is 0 Å². The number of allylic oxidation sites excluding steroid dienone is 2. The monoisotopic (exact) mass is 150 g/mol. The highest BCUT2D eigenvalue weighted by atomic mass is 16.1. The zero-order chi connectivity index (χ0) is 8.28. The van der Waals surface area contributed by atoms with Crippen LogP contribution in [0.2, 0.25) is 0 Å². The van der Waals surface area contributed by atoms with Crippen molar-refractivity contribution in [2.75, 3.05) is 0 Å². The number of ketones is 1. The highest BCUT2D eigenvalue weighted by Gasteiger charge is 2.57. The van der Waals surface area contributed by atoms with E-state index in [0.717, 1.165) is 6.42 Å². The fraction of sp³-hybridized carbons (Fsp3) is 0.700. The topological polar surface area (TPSA) is 17.1 Å². The molecule has 11 heavy (non-hydrogen) atoms. The van der Waals surface area contributed by atoms with E-state index >= 15 is 0 Å². The van der Waals surface area contributed by atoms with Crippen molar-refractivity contribution >= 4 is 5.78 Å². The van der Waals surface area contributed by atoms with Gasteiger partial charge in [-0.3, -0.25) is 4.79 Å². The van der Waals surface area contributed by atoms with Gasteiger partial charge in [-0.15, -0.1) is 0 Å². The molecule has 1 nitrogen and oxygen atoms in total. The van der Waals surface area contributed by atoms with Gasteiger partial charge in [0.25, 0.3) is 0 Å². The van der Waals surface area contributed by atoms with E-state index in [1.807, 2.05) is 13.8 Å². The Balaban J connectivity index is 2.38. The molecule has 0 spiro atoms. The third-order valence-electron chi connectivity index (χ3n) is 3.11. The lowest BCUT2D eigenvalue weighted by molar-refractivity contribution is -0.127. The molecule has 1 saturated carbocycles. The molecule has 0 saturated heterocycles. The lowest BCUT2D eigenvalue weighted by Crippen LogP contribution is -2.28. The van der Waals surface area contributed by atoms with Crippen LogP contribution < -0.4 is 0 Å². The molecule has 0 bridgehead atoms. The van der Waals surface area contributed by atoms with Crippen LogP contribution in [0.15, 0.2) is 12.2 Å². The van der Waals surface area contributed by atoms with Crippen molar-refractivity contribution in [3.8, 4) is 0 Å². The van der Waals surface area contributed by atoms with E-state index in [9.17, 15) is 4.79 Å². The van der Waals surface area contributed by atoms with Crippen molar-refractivity contribution in [3.63, 3.8) is 0 Å². The molecule has 0 amide bonds. The van der Waals surface area contributed by atoms with Gasteiger partial charge in [0.1, 0.15) is 5.78 Å². The SMILES string of the molecule is CC1(C)C=CC2(C)CC2C1=O. The Morgan fingerprint density at radius 2 is 2.00 bits per heavy atom. The third-order valence-corrected chi connectivity index (χ3v) is 3.11. The van der Waals surface area contributed by atoms with Gasteiger partial charge in [-0.05, 0) is 25.7 Å². The van der Waals surface area contributed by atoms with Crippen LogP contribution in [0.4, 0.5) is 0 Å². The maximum absolute atomic E-state index is 11.6. The smallest absolute Gasteiger partial charge is 0.146 e. The van der Waals surface area contributed by atoms with Gasteiger partial charge in [-0.1, -0.05) is 19.1 Å². The molecule has 1 fully saturated rings. The Kier molecular flexibility index (Phi) is 1.03. The highest BCUT2D eigenvalue weighted by Crippen LogP contribution is 2.59. The highest BCUT2D eigenvalue weighted by molar-refractivity contribution is 5.93. The summed E-state index contributed by atoms with van der Waals surface area (Å²) in [7, 11) is 0. The fourth-order valence-corrected chi connectivity index (χ4v) is 1.89. The molecule has 2 unspecified atom stereocenters. The van der Waals surface area contributed by atoms with Crippen molar-refractivity contribution in [2.24, 2.45) is 16.7 Å². The molecule has 0 aromatic rings. The summed E-state index contributed by atoms with van der Waals surface area (Å²) in [5, 5.41) is 0. The number of fused-ring (bicyclic) bond motifs is 1. The molecule has 0 aromatic carbocycles. The summed E-state index contributed by atoms with van der Waals surface area (Å²) in [5.41, 5.74) is 0.0489. The summed E-state index contributed by atoms with van der Waals surface area (Å²) in [6.07, 6.45) is 5.36. The standard InChI is InChI=1S/C10H14O/c1-9(2)4-5-10(3)6-7(10)8(9)11/h4-5,7H,6H2,1-3H3. The maximum Gasteiger partial charge on any atom is 0.146 e. The molecular weight excluding hydrogens is 136 g/mol. The number of Topliss-reactive ketones (excluding diaryl/α,β-unsaturated/α-hetero) is 1. The van der Waals surface area contributed by atoms with Crippen LogP contribution >= 0.6 is 0 Å². The first-order valence-electron chi connectivity index (χ1n) is 4.20. The van der Waals surface area contributed by atoms with Crippen LogP contribution in [-0.2, 0) is 4.79 Å². The Bertz CT molecular complexity index is 250. The van der Waals surface area contributed by atoms with Crippen LogP contribution in [0.3, 0.4) is 0 Å². The van der Waals surface area contributed by atoms with E-state index in [-0.39, 0.29) is 10.8 Å². The van der Waals surface area contributed by atoms with E-state index in [1.165, 1.54) is 0 Å². The summed E-state index contributed by atoms with van der Waals surface area (Å²) in [4.78, 5) is 11.6. The second kappa shape index (κ2) is 1.60. The van der Waals surface area contributed by atoms with E-state index in [1.54, 1.807) is 0 Å². The lowest BCUT2D eigenvalue weighted by atomic mass is 9.78. The minimum Gasteiger partial charge on any atom is -0.298 e. The molecule has 0 radical (unpaired) electrons. The first-order chi connectivity index (χ1) is 4.96. The first kappa shape index (κ1) is 7.08. The average Bonchev–Trinajstić information content (AvgIpc) is 2.57. The predicted octanol–water partition coefficient (Wildman–Crippen LogP) is 2.18. The molecule has 2 aliphatic rings. The Hall–Kier alpha value is -0.590. The second-order valence-corrected chi connectivity index (χ2v) is 4.68. The molecule has 0 heterocycles. The zero-order valence-corrected chi connectivity index (χ0v) is 7.35. The van der Waals surface area contributed by atoms with E-state index < -0.39 is 0 Å². The first-order valence-corrected chi connectivity index (χ1v) is 4.20. The summed E-state index contributed by atoms with van der Waals surface area (Å²) in [6.45, 7) is 6.18. The number of carbonyl (C=O) groups is 1. The molecule has 0 aliphatic heterocycles. The Morgan fingerprint density at radius 1 is 1.36 bits per heavy atom. The summed E-state index contributed by atoms with van der Waals surface area (Å²) in [6, 6.07) is 0. The van der Waals surface area contributed by atoms with Gasteiger partial charge in [-0.2, -0.15) is 0 Å². The molecule has 0 aromatic heterocycles. The molecule has 2 aliphatic carbocycles. The number of hydrogen-bond donors (Lipinski definition) is 0. The van der Waals surface area contributed by atoms with Gasteiger partial charge in [-0.25, -0.2) is 0 Å². The van der Waals surface area contributed by atoms with E-state index in [4.69, 9.17) is 0 Å². The average molecular weight is 150 g/mol. The molecule has 2 rings (SSSR count). The van der Waals surface area contributed by atoms with Crippen LogP contribution in [-0.4, -0.2) is 5.78 Å². The van der Waals surface area contributed by atoms with E-state index in [2.05, 4.69) is 19.1 Å². The third kappa shape index (κ3) is 0.800. The number of rotatable bonds is 0. The van der Waals surface area contributed by atoms with Crippen molar-refractivity contribution in [3.05, 3.63) is 12.2 Å². The quantitative estimate of drug-likeness (QED) is 0.484. The molecule has 2 atom stereocenters. The largest absolute Gasteiger partial charge is 0.298 e. The molecule has 0 N–H and O–H groups in total. The number of hydrogen-bond acceptors (Lipinski definition) is 1. The minimum absolute atomic E-state index is 0.194. The maximum atomic E-state index is 11.6. The normalized spacial score (nSPS) is 45.4. The van der Waals surface area contributed by atoms with Gasteiger partial charge in [0.2, 0.25) is 0 Å². The van der Waals surface area contributed by atoms with Crippen LogP contribution in [0, 0.1) is 16.7 Å². The minimum atomic E-state index is -0.194. The van der Waals surface area contributed by atoms with Crippen LogP contribution in [0.1, 0.15) is 27.2 Å². The summed E-state index contributed by atoms with van der Waals surface area (Å²) >= 11 is 0. The molecule has 1 heteroatoms. The summed E-state index contributed by atoms with van der Waals surface area (Å²) in [5.74, 6) is 0.769. The second-order valence-electron chi connectivity index (χ2n) is 4.68. The van der Waals surface area contributed by atoms with Gasteiger partial charge in [0.15, 0.2) is 0 Å².